The summed E-state index contributed by atoms with van der Waals surface area (Å²) in [6, 6.07) is 0.555. The van der Waals surface area contributed by atoms with Gasteiger partial charge in [-0.1, -0.05) is 19.3 Å². The monoisotopic (exact) mass is 221 g/mol. The van der Waals surface area contributed by atoms with Crippen molar-refractivity contribution < 1.29 is 9.59 Å². The number of carbonyl (C=O) groups is 2. The van der Waals surface area contributed by atoms with Crippen molar-refractivity contribution in [3.63, 3.8) is 0 Å². The number of β-lactam (4-membered cyclic amide) rings is 1. The molecule has 88 valence electrons. The Morgan fingerprint density at radius 1 is 1.31 bits per heavy atom. The molecule has 1 saturated heterocycles. The summed E-state index contributed by atoms with van der Waals surface area (Å²) in [5.41, 5.74) is 0.693. The van der Waals surface area contributed by atoms with Gasteiger partial charge in [0.2, 0.25) is 0 Å². The molecule has 1 unspecified atom stereocenters. The van der Waals surface area contributed by atoms with Crippen LogP contribution in [0.25, 0.3) is 0 Å². The van der Waals surface area contributed by atoms with Gasteiger partial charge in [-0.25, -0.2) is 0 Å². The number of rotatable bonds is 2. The van der Waals surface area contributed by atoms with Crippen LogP contribution in [0.15, 0.2) is 11.6 Å². The second-order valence-electron chi connectivity index (χ2n) is 4.89. The first-order valence-corrected chi connectivity index (χ1v) is 6.16. The molecule has 0 bridgehead atoms. The van der Waals surface area contributed by atoms with E-state index in [1.54, 1.807) is 0 Å². The Morgan fingerprint density at radius 3 is 2.44 bits per heavy atom. The number of ketones is 1. The summed E-state index contributed by atoms with van der Waals surface area (Å²) in [6.07, 6.45) is 7.50. The fraction of sp³-hybridized carbons (Fsp3) is 0.692. The SMILES string of the molecule is CC(=O)/C=C1/C(=O)N(C2CCCCC2)C1C. The molecule has 2 fully saturated rings. The lowest BCUT2D eigenvalue weighted by Crippen LogP contribution is -2.58. The highest BCUT2D eigenvalue weighted by atomic mass is 16.2. The van der Waals surface area contributed by atoms with Crippen LogP contribution in [0.3, 0.4) is 0 Å². The Balaban J connectivity index is 2.04. The number of amides is 1. The Kier molecular flexibility index (Phi) is 3.13. The molecule has 0 aromatic heterocycles. The minimum Gasteiger partial charge on any atom is -0.329 e. The summed E-state index contributed by atoms with van der Waals surface area (Å²) >= 11 is 0. The maximum absolute atomic E-state index is 11.9. The molecule has 2 aliphatic rings. The van der Waals surface area contributed by atoms with Gasteiger partial charge < -0.3 is 4.90 Å². The van der Waals surface area contributed by atoms with Crippen LogP contribution in [0.5, 0.6) is 0 Å². The van der Waals surface area contributed by atoms with Crippen molar-refractivity contribution in [3.8, 4) is 0 Å². The molecule has 1 aliphatic carbocycles. The van der Waals surface area contributed by atoms with E-state index in [2.05, 4.69) is 0 Å². The second kappa shape index (κ2) is 4.40. The summed E-state index contributed by atoms with van der Waals surface area (Å²) in [5.74, 6) is 0.0492. The highest BCUT2D eigenvalue weighted by Crippen LogP contribution is 2.34. The molecule has 16 heavy (non-hydrogen) atoms. The van der Waals surface area contributed by atoms with Crippen LogP contribution in [0.4, 0.5) is 0 Å². The topological polar surface area (TPSA) is 37.4 Å². The molecule has 0 aromatic rings. The largest absolute Gasteiger partial charge is 0.329 e. The number of carbonyl (C=O) groups excluding carboxylic acids is 2. The number of allylic oxidation sites excluding steroid dienone is 1. The van der Waals surface area contributed by atoms with E-state index in [1.807, 2.05) is 11.8 Å². The quantitative estimate of drug-likeness (QED) is 0.528. The van der Waals surface area contributed by atoms with Crippen LogP contribution in [-0.4, -0.2) is 28.7 Å². The molecule has 0 radical (unpaired) electrons. The third-order valence-corrected chi connectivity index (χ3v) is 3.68. The van der Waals surface area contributed by atoms with Crippen LogP contribution in [0, 0.1) is 0 Å². The molecular weight excluding hydrogens is 202 g/mol. The van der Waals surface area contributed by atoms with Gasteiger partial charge in [-0.2, -0.15) is 0 Å². The van der Waals surface area contributed by atoms with E-state index in [1.165, 1.54) is 32.3 Å². The predicted molar refractivity (Wildman–Crippen MR) is 61.9 cm³/mol. The highest BCUT2D eigenvalue weighted by molar-refractivity contribution is 6.07. The average Bonchev–Trinajstić information content (AvgIpc) is 2.28. The van der Waals surface area contributed by atoms with Crippen molar-refractivity contribution >= 4 is 11.7 Å². The molecule has 0 spiro atoms. The van der Waals surface area contributed by atoms with Crippen molar-refractivity contribution in [2.24, 2.45) is 0 Å². The molecular formula is C13H19NO2. The third kappa shape index (κ3) is 1.91. The fourth-order valence-electron chi connectivity index (χ4n) is 2.83. The van der Waals surface area contributed by atoms with Crippen molar-refractivity contribution in [2.45, 2.75) is 58.0 Å². The molecule has 1 heterocycles. The van der Waals surface area contributed by atoms with E-state index in [0.717, 1.165) is 12.8 Å². The Labute approximate surface area is 96.5 Å². The Morgan fingerprint density at radius 2 is 1.94 bits per heavy atom. The minimum absolute atomic E-state index is 0.0292. The van der Waals surface area contributed by atoms with E-state index < -0.39 is 0 Å². The zero-order valence-corrected chi connectivity index (χ0v) is 10.0. The maximum Gasteiger partial charge on any atom is 0.252 e. The summed E-state index contributed by atoms with van der Waals surface area (Å²) < 4.78 is 0. The number of likely N-dealkylation sites (tertiary alicyclic amines) is 1. The molecule has 1 saturated carbocycles. The van der Waals surface area contributed by atoms with Crippen LogP contribution >= 0.6 is 0 Å². The predicted octanol–water partition coefficient (Wildman–Crippen LogP) is 2.07. The van der Waals surface area contributed by atoms with Gasteiger partial charge >= 0.3 is 0 Å². The molecule has 3 heteroatoms. The number of hydrogen-bond donors (Lipinski definition) is 0. The van der Waals surface area contributed by atoms with E-state index in [4.69, 9.17) is 0 Å². The smallest absolute Gasteiger partial charge is 0.252 e. The van der Waals surface area contributed by atoms with Gasteiger partial charge in [-0.3, -0.25) is 9.59 Å². The van der Waals surface area contributed by atoms with Gasteiger partial charge in [0.15, 0.2) is 5.78 Å². The van der Waals surface area contributed by atoms with Gasteiger partial charge in [-0.05, 0) is 32.8 Å². The van der Waals surface area contributed by atoms with Crippen LogP contribution < -0.4 is 0 Å². The van der Waals surface area contributed by atoms with Crippen LogP contribution in [0.2, 0.25) is 0 Å². The Bertz CT molecular complexity index is 340. The first-order valence-electron chi connectivity index (χ1n) is 6.16. The molecule has 1 amide bonds. The molecule has 1 atom stereocenters. The summed E-state index contributed by atoms with van der Waals surface area (Å²) in [5, 5.41) is 0. The number of nitrogens with zero attached hydrogens (tertiary/aromatic N) is 1. The normalized spacial score (nSPS) is 29.4. The van der Waals surface area contributed by atoms with E-state index in [0.29, 0.717) is 11.6 Å². The van der Waals surface area contributed by atoms with Gasteiger partial charge in [0.1, 0.15) is 0 Å². The van der Waals surface area contributed by atoms with Crippen molar-refractivity contribution in [1.29, 1.82) is 0 Å². The average molecular weight is 221 g/mol. The highest BCUT2D eigenvalue weighted by Gasteiger charge is 2.42. The lowest BCUT2D eigenvalue weighted by atomic mass is 9.86. The van der Waals surface area contributed by atoms with Crippen molar-refractivity contribution in [3.05, 3.63) is 11.6 Å². The first kappa shape index (κ1) is 11.4. The van der Waals surface area contributed by atoms with E-state index in [9.17, 15) is 9.59 Å². The molecule has 0 N–H and O–H groups in total. The van der Waals surface area contributed by atoms with Crippen LogP contribution in [-0.2, 0) is 9.59 Å². The fourth-order valence-corrected chi connectivity index (χ4v) is 2.83. The Hall–Kier alpha value is -1.12. The zero-order valence-electron chi connectivity index (χ0n) is 10.0. The second-order valence-corrected chi connectivity index (χ2v) is 4.89. The molecule has 2 rings (SSSR count). The van der Waals surface area contributed by atoms with Crippen LogP contribution in [0.1, 0.15) is 46.0 Å². The summed E-state index contributed by atoms with van der Waals surface area (Å²) in [6.45, 7) is 3.51. The third-order valence-electron chi connectivity index (χ3n) is 3.68. The number of hydrogen-bond acceptors (Lipinski definition) is 2. The van der Waals surface area contributed by atoms with E-state index >= 15 is 0 Å². The summed E-state index contributed by atoms with van der Waals surface area (Å²) in [4.78, 5) is 24.9. The first-order chi connectivity index (χ1) is 7.61. The molecule has 0 aromatic carbocycles. The van der Waals surface area contributed by atoms with Gasteiger partial charge in [0, 0.05) is 11.6 Å². The van der Waals surface area contributed by atoms with Crippen molar-refractivity contribution in [1.82, 2.24) is 4.90 Å². The van der Waals surface area contributed by atoms with Gasteiger partial charge in [0.25, 0.3) is 5.91 Å². The van der Waals surface area contributed by atoms with Gasteiger partial charge in [0.05, 0.1) is 6.04 Å². The van der Waals surface area contributed by atoms with E-state index in [-0.39, 0.29) is 17.7 Å². The maximum atomic E-state index is 11.9. The lowest BCUT2D eigenvalue weighted by molar-refractivity contribution is -0.140. The lowest BCUT2D eigenvalue weighted by Gasteiger charge is -2.47. The molecule has 3 nitrogen and oxygen atoms in total. The molecule has 1 aliphatic heterocycles. The van der Waals surface area contributed by atoms with Crippen molar-refractivity contribution in [2.75, 3.05) is 0 Å². The minimum atomic E-state index is -0.0292. The summed E-state index contributed by atoms with van der Waals surface area (Å²) in [7, 11) is 0. The van der Waals surface area contributed by atoms with Gasteiger partial charge in [-0.15, -0.1) is 0 Å². The standard InChI is InChI=1S/C13H19NO2/c1-9(15)8-12-10(2)14(13(12)16)11-6-4-3-5-7-11/h8,10-11H,3-7H2,1-2H3/b12-8+. The zero-order chi connectivity index (χ0) is 11.7.